The van der Waals surface area contributed by atoms with Crippen molar-refractivity contribution in [2.24, 2.45) is 23.2 Å². The summed E-state index contributed by atoms with van der Waals surface area (Å²) < 4.78 is 0. The van der Waals surface area contributed by atoms with Crippen LogP contribution in [0.5, 0.6) is 0 Å². The van der Waals surface area contributed by atoms with Gasteiger partial charge in [0.05, 0.1) is 0 Å². The van der Waals surface area contributed by atoms with E-state index in [1.54, 1.807) is 0 Å². The molecule has 0 aromatic heterocycles. The predicted molar refractivity (Wildman–Crippen MR) is 92.0 cm³/mol. The van der Waals surface area contributed by atoms with Crippen molar-refractivity contribution < 1.29 is 0 Å². The second-order valence-electron chi connectivity index (χ2n) is 7.61. The van der Waals surface area contributed by atoms with Crippen LogP contribution in [0.2, 0.25) is 0 Å². The minimum atomic E-state index is 0.634. The maximum absolute atomic E-state index is 3.87. The largest absolute Gasteiger partial charge is 0.103 e. The van der Waals surface area contributed by atoms with Gasteiger partial charge < -0.3 is 0 Å². The van der Waals surface area contributed by atoms with Gasteiger partial charge >= 0.3 is 0 Å². The summed E-state index contributed by atoms with van der Waals surface area (Å²) in [5, 5.41) is 0. The topological polar surface area (TPSA) is 0 Å². The molecule has 0 amide bonds. The molecule has 0 heteroatoms. The summed E-state index contributed by atoms with van der Waals surface area (Å²) in [6, 6.07) is 0. The zero-order valence-corrected chi connectivity index (χ0v) is 14.6. The van der Waals surface area contributed by atoms with Crippen molar-refractivity contribution >= 4 is 0 Å². The molecule has 4 atom stereocenters. The third kappa shape index (κ3) is 5.26. The van der Waals surface area contributed by atoms with Crippen molar-refractivity contribution in [1.82, 2.24) is 0 Å². The standard InChI is InChI=1S/C20H38/c1-6-8-10-11-12-13-17(3)14-15-19-18(4)20(19,5)16-9-7-2/h7,17-19H,2,6,8-16H2,1,3-5H3. The molecule has 0 spiro atoms. The fourth-order valence-corrected chi connectivity index (χ4v) is 4.02. The quantitative estimate of drug-likeness (QED) is 0.266. The van der Waals surface area contributed by atoms with Gasteiger partial charge in [0.25, 0.3) is 0 Å². The minimum Gasteiger partial charge on any atom is -0.103 e. The number of allylic oxidation sites excluding steroid dienone is 1. The van der Waals surface area contributed by atoms with E-state index in [0.29, 0.717) is 5.41 Å². The minimum absolute atomic E-state index is 0.634. The van der Waals surface area contributed by atoms with Crippen molar-refractivity contribution in [2.75, 3.05) is 0 Å². The highest BCUT2D eigenvalue weighted by molar-refractivity contribution is 5.05. The Kier molecular flexibility index (Phi) is 7.92. The Hall–Kier alpha value is -0.260. The number of unbranched alkanes of at least 4 members (excludes halogenated alkanes) is 4. The lowest BCUT2D eigenvalue weighted by Crippen LogP contribution is -2.01. The maximum Gasteiger partial charge on any atom is -0.0263 e. The molecule has 0 nitrogen and oxygen atoms in total. The van der Waals surface area contributed by atoms with Crippen LogP contribution in [0.1, 0.15) is 91.9 Å². The fraction of sp³-hybridized carbons (Fsp3) is 0.900. The second-order valence-corrected chi connectivity index (χ2v) is 7.61. The molecule has 1 fully saturated rings. The second kappa shape index (κ2) is 8.90. The van der Waals surface area contributed by atoms with E-state index in [2.05, 4.69) is 40.3 Å². The average molecular weight is 279 g/mol. The van der Waals surface area contributed by atoms with E-state index in [-0.39, 0.29) is 0 Å². The van der Waals surface area contributed by atoms with Gasteiger partial charge in [-0.3, -0.25) is 0 Å². The molecule has 1 rings (SSSR count). The molecule has 1 aliphatic carbocycles. The average Bonchev–Trinajstić information content (AvgIpc) is 2.95. The van der Waals surface area contributed by atoms with Gasteiger partial charge in [0, 0.05) is 0 Å². The highest BCUT2D eigenvalue weighted by atomic mass is 14.6. The normalized spacial score (nSPS) is 30.2. The van der Waals surface area contributed by atoms with E-state index in [1.807, 2.05) is 0 Å². The molecule has 20 heavy (non-hydrogen) atoms. The fourth-order valence-electron chi connectivity index (χ4n) is 4.02. The molecule has 0 aliphatic heterocycles. The highest BCUT2D eigenvalue weighted by Gasteiger charge is 2.56. The molecule has 0 radical (unpaired) electrons. The van der Waals surface area contributed by atoms with Crippen LogP contribution in [0, 0.1) is 23.2 Å². The summed E-state index contributed by atoms with van der Waals surface area (Å²) in [7, 11) is 0. The molecule has 0 heterocycles. The lowest BCUT2D eigenvalue weighted by molar-refractivity contribution is 0.391. The van der Waals surface area contributed by atoms with Gasteiger partial charge in [-0.2, -0.15) is 0 Å². The molecule has 0 N–H and O–H groups in total. The third-order valence-corrected chi connectivity index (χ3v) is 6.04. The van der Waals surface area contributed by atoms with Gasteiger partial charge in [-0.1, -0.05) is 78.7 Å². The van der Waals surface area contributed by atoms with Gasteiger partial charge in [-0.05, 0) is 42.4 Å². The van der Waals surface area contributed by atoms with Gasteiger partial charge in [0.2, 0.25) is 0 Å². The molecule has 4 unspecified atom stereocenters. The number of hydrogen-bond acceptors (Lipinski definition) is 0. The monoisotopic (exact) mass is 278 g/mol. The number of hydrogen-bond donors (Lipinski definition) is 0. The Morgan fingerprint density at radius 1 is 1.15 bits per heavy atom. The Labute approximate surface area is 128 Å². The van der Waals surface area contributed by atoms with Crippen LogP contribution in [-0.2, 0) is 0 Å². The molecule has 0 saturated heterocycles. The summed E-state index contributed by atoms with van der Waals surface area (Å²) in [6.07, 6.45) is 16.1. The molecular weight excluding hydrogens is 240 g/mol. The van der Waals surface area contributed by atoms with Crippen molar-refractivity contribution in [3.63, 3.8) is 0 Å². The smallest absolute Gasteiger partial charge is 0.0263 e. The van der Waals surface area contributed by atoms with Crippen LogP contribution in [-0.4, -0.2) is 0 Å². The molecule has 118 valence electrons. The van der Waals surface area contributed by atoms with Gasteiger partial charge in [0.1, 0.15) is 0 Å². The Bertz CT molecular complexity index is 267. The van der Waals surface area contributed by atoms with Crippen molar-refractivity contribution in [2.45, 2.75) is 91.9 Å². The summed E-state index contributed by atoms with van der Waals surface area (Å²) in [5.74, 6) is 2.87. The summed E-state index contributed by atoms with van der Waals surface area (Å²) >= 11 is 0. The van der Waals surface area contributed by atoms with Crippen molar-refractivity contribution in [3.05, 3.63) is 12.7 Å². The Balaban J connectivity index is 2.09. The van der Waals surface area contributed by atoms with Crippen LogP contribution >= 0.6 is 0 Å². The van der Waals surface area contributed by atoms with E-state index in [0.717, 1.165) is 17.8 Å². The lowest BCUT2D eigenvalue weighted by atomic mass is 9.92. The van der Waals surface area contributed by atoms with Crippen LogP contribution in [0.15, 0.2) is 12.7 Å². The SMILES string of the molecule is C=CCCC1(C)C(C)C1CCC(C)CCCCCCC. The zero-order chi connectivity index (χ0) is 15.0. The molecule has 0 bridgehead atoms. The van der Waals surface area contributed by atoms with E-state index < -0.39 is 0 Å². The van der Waals surface area contributed by atoms with Crippen LogP contribution in [0.4, 0.5) is 0 Å². The van der Waals surface area contributed by atoms with Crippen LogP contribution in [0.25, 0.3) is 0 Å². The van der Waals surface area contributed by atoms with Crippen molar-refractivity contribution in [3.8, 4) is 0 Å². The summed E-state index contributed by atoms with van der Waals surface area (Å²) in [5.41, 5.74) is 0.634. The zero-order valence-electron chi connectivity index (χ0n) is 14.6. The first-order valence-electron chi connectivity index (χ1n) is 9.17. The first-order chi connectivity index (χ1) is 9.56. The first-order valence-corrected chi connectivity index (χ1v) is 9.17. The van der Waals surface area contributed by atoms with E-state index in [9.17, 15) is 0 Å². The molecular formula is C20H38. The van der Waals surface area contributed by atoms with E-state index >= 15 is 0 Å². The van der Waals surface area contributed by atoms with Gasteiger partial charge in [-0.25, -0.2) is 0 Å². The third-order valence-electron chi connectivity index (χ3n) is 6.04. The summed E-state index contributed by atoms with van der Waals surface area (Å²) in [6.45, 7) is 13.6. The highest BCUT2D eigenvalue weighted by Crippen LogP contribution is 2.63. The number of rotatable bonds is 12. The molecule has 0 aromatic rings. The van der Waals surface area contributed by atoms with Gasteiger partial charge in [-0.15, -0.1) is 6.58 Å². The molecule has 1 saturated carbocycles. The molecule has 1 aliphatic rings. The van der Waals surface area contributed by atoms with Crippen molar-refractivity contribution in [1.29, 1.82) is 0 Å². The van der Waals surface area contributed by atoms with Crippen LogP contribution < -0.4 is 0 Å². The van der Waals surface area contributed by atoms with E-state index in [4.69, 9.17) is 0 Å². The predicted octanol–water partition coefficient (Wildman–Crippen LogP) is 7.00. The Morgan fingerprint density at radius 2 is 1.85 bits per heavy atom. The van der Waals surface area contributed by atoms with Crippen LogP contribution in [0.3, 0.4) is 0 Å². The van der Waals surface area contributed by atoms with Gasteiger partial charge in [0.15, 0.2) is 0 Å². The first kappa shape index (κ1) is 17.8. The summed E-state index contributed by atoms with van der Waals surface area (Å²) in [4.78, 5) is 0. The van der Waals surface area contributed by atoms with E-state index in [1.165, 1.54) is 64.2 Å². The lowest BCUT2D eigenvalue weighted by Gasteiger charge is -2.13. The maximum atomic E-state index is 3.87. The molecule has 0 aromatic carbocycles. The Morgan fingerprint density at radius 3 is 2.50 bits per heavy atom.